The summed E-state index contributed by atoms with van der Waals surface area (Å²) in [7, 11) is 0. The summed E-state index contributed by atoms with van der Waals surface area (Å²) >= 11 is 0. The molecule has 0 radical (unpaired) electrons. The Balaban J connectivity index is 0.000000328. The molecular formula is C32H37N7O2. The van der Waals surface area contributed by atoms with Crippen LogP contribution in [0.1, 0.15) is 56.6 Å². The van der Waals surface area contributed by atoms with E-state index in [0.29, 0.717) is 35.2 Å². The van der Waals surface area contributed by atoms with Crippen molar-refractivity contribution in [2.24, 2.45) is 5.92 Å². The lowest BCUT2D eigenvalue weighted by Crippen LogP contribution is -2.41. The van der Waals surface area contributed by atoms with Crippen molar-refractivity contribution in [3.63, 3.8) is 0 Å². The highest BCUT2D eigenvalue weighted by Gasteiger charge is 2.23. The number of ether oxygens (including phenoxy) is 1. The molecule has 1 saturated heterocycles. The first-order valence-electron chi connectivity index (χ1n) is 14.0. The molecule has 0 bridgehead atoms. The Hall–Kier alpha value is -4.71. The third kappa shape index (κ3) is 8.39. The van der Waals surface area contributed by atoms with Crippen LogP contribution in [0, 0.1) is 22.7 Å². The lowest BCUT2D eigenvalue weighted by atomic mass is 10.0. The number of rotatable bonds is 8. The fourth-order valence-corrected chi connectivity index (χ4v) is 5.14. The topological polar surface area (TPSA) is 141 Å². The number of para-hydroxylation sites is 1. The van der Waals surface area contributed by atoms with Crippen LogP contribution in [0.4, 0.5) is 11.6 Å². The predicted octanol–water partition coefficient (Wildman–Crippen LogP) is 5.95. The van der Waals surface area contributed by atoms with Crippen molar-refractivity contribution in [2.75, 3.05) is 24.1 Å². The average molecular weight is 552 g/mol. The van der Waals surface area contributed by atoms with E-state index in [9.17, 15) is 4.79 Å². The molecule has 2 aromatic carbocycles. The number of aromatic nitrogens is 2. The first-order valence-corrected chi connectivity index (χ1v) is 14.0. The molecule has 3 aromatic rings. The summed E-state index contributed by atoms with van der Waals surface area (Å²) in [6, 6.07) is 19.0. The zero-order chi connectivity index (χ0) is 29.0. The van der Waals surface area contributed by atoms with Crippen LogP contribution in [0.3, 0.4) is 0 Å². The van der Waals surface area contributed by atoms with Crippen LogP contribution in [0.15, 0.2) is 72.6 Å². The number of hydrogen-bond acceptors (Lipinski definition) is 8. The third-order valence-electron chi connectivity index (χ3n) is 7.25. The number of anilines is 2. The second-order valence-electron chi connectivity index (χ2n) is 10.4. The molecule has 41 heavy (non-hydrogen) atoms. The fraction of sp³-hybridized carbons (Fsp3) is 0.344. The van der Waals surface area contributed by atoms with Crippen LogP contribution in [-0.4, -0.2) is 46.1 Å². The fourth-order valence-electron chi connectivity index (χ4n) is 5.14. The van der Waals surface area contributed by atoms with Gasteiger partial charge >= 0.3 is 0 Å². The van der Waals surface area contributed by atoms with Gasteiger partial charge in [0.2, 0.25) is 6.41 Å². The van der Waals surface area contributed by atoms with E-state index < -0.39 is 0 Å². The van der Waals surface area contributed by atoms with E-state index in [2.05, 4.69) is 27.4 Å². The second kappa shape index (κ2) is 14.6. The largest absolute Gasteiger partial charge is 0.457 e. The van der Waals surface area contributed by atoms with Crippen molar-refractivity contribution in [2.45, 2.75) is 51.5 Å². The summed E-state index contributed by atoms with van der Waals surface area (Å²) in [5.41, 5.74) is 8.34. The lowest BCUT2D eigenvalue weighted by molar-refractivity contribution is -0.119. The molecule has 1 aromatic heterocycles. The minimum atomic E-state index is 0.0430. The first-order chi connectivity index (χ1) is 20.0. The highest BCUT2D eigenvalue weighted by molar-refractivity contribution is 6.16. The molecule has 2 fully saturated rings. The standard InChI is InChI=1S/C23H24N6O2.C9H13N/c24-21(16-8-10-19(11-9-16)31-18-6-2-1-3-7-18)20-22(25)26-14-27-23(20)28-17-5-4-12-29(13-17)15-30;1-8(7-10)6-9-4-2-3-5-9/h1-3,6-11,14-15,17,24H,4-5,12-13H2,(H3,25,26,27,28);6,9H,2-5H2,1H3/b;8-6-. The Morgan fingerprint density at radius 3 is 2.46 bits per heavy atom. The number of carbonyl (C=O) groups excluding carboxylic acids is 1. The zero-order valence-corrected chi connectivity index (χ0v) is 23.4. The van der Waals surface area contributed by atoms with Gasteiger partial charge in [-0.3, -0.25) is 10.2 Å². The van der Waals surface area contributed by atoms with Gasteiger partial charge in [0.15, 0.2) is 0 Å². The summed E-state index contributed by atoms with van der Waals surface area (Å²) in [5.74, 6) is 2.86. The van der Waals surface area contributed by atoms with Crippen molar-refractivity contribution in [3.05, 3.63) is 83.7 Å². The molecule has 2 heterocycles. The van der Waals surface area contributed by atoms with E-state index in [-0.39, 0.29) is 17.6 Å². The summed E-state index contributed by atoms with van der Waals surface area (Å²) in [6.45, 7) is 3.23. The molecule has 1 unspecified atom stereocenters. The number of allylic oxidation sites excluding steroid dienone is 2. The van der Waals surface area contributed by atoms with E-state index in [1.807, 2.05) is 61.5 Å². The van der Waals surface area contributed by atoms with Crippen LogP contribution in [0.2, 0.25) is 0 Å². The van der Waals surface area contributed by atoms with Gasteiger partial charge in [0.1, 0.15) is 29.5 Å². The molecule has 0 spiro atoms. The van der Waals surface area contributed by atoms with E-state index in [1.54, 1.807) is 4.90 Å². The van der Waals surface area contributed by atoms with Gasteiger partial charge in [-0.25, -0.2) is 9.97 Å². The Morgan fingerprint density at radius 2 is 1.78 bits per heavy atom. The molecule has 9 nitrogen and oxygen atoms in total. The van der Waals surface area contributed by atoms with Gasteiger partial charge in [0.25, 0.3) is 0 Å². The normalized spacial score (nSPS) is 17.1. The maximum absolute atomic E-state index is 11.1. The molecular weight excluding hydrogens is 514 g/mol. The molecule has 5 rings (SSSR count). The Labute approximate surface area is 241 Å². The van der Waals surface area contributed by atoms with Gasteiger partial charge in [-0.15, -0.1) is 0 Å². The van der Waals surface area contributed by atoms with E-state index in [0.717, 1.165) is 37.1 Å². The molecule has 1 amide bonds. The van der Waals surface area contributed by atoms with Crippen LogP contribution < -0.4 is 15.8 Å². The number of carbonyl (C=O) groups is 1. The van der Waals surface area contributed by atoms with Gasteiger partial charge in [-0.2, -0.15) is 5.26 Å². The number of nitrogens with one attached hydrogen (secondary N) is 2. The minimum Gasteiger partial charge on any atom is -0.457 e. The molecule has 1 aliphatic heterocycles. The van der Waals surface area contributed by atoms with Crippen molar-refractivity contribution in [3.8, 4) is 17.6 Å². The number of piperidine rings is 1. The zero-order valence-electron chi connectivity index (χ0n) is 23.4. The van der Waals surface area contributed by atoms with Gasteiger partial charge < -0.3 is 20.7 Å². The summed E-state index contributed by atoms with van der Waals surface area (Å²) in [5, 5.41) is 20.6. The molecule has 4 N–H and O–H groups in total. The number of nitriles is 1. The second-order valence-corrected chi connectivity index (χ2v) is 10.4. The van der Waals surface area contributed by atoms with Crippen molar-refractivity contribution < 1.29 is 9.53 Å². The quantitative estimate of drug-likeness (QED) is 0.178. The minimum absolute atomic E-state index is 0.0430. The molecule has 1 saturated carbocycles. The van der Waals surface area contributed by atoms with Gasteiger partial charge in [-0.05, 0) is 74.9 Å². The molecule has 1 atom stereocenters. The number of benzene rings is 2. The highest BCUT2D eigenvalue weighted by atomic mass is 16.5. The SMILES string of the molecule is C/C(C#N)=C/C1CCCC1.N=C(c1ccc(Oc2ccccc2)cc1)c1c(N)ncnc1NC1CCCN(C=O)C1. The van der Waals surface area contributed by atoms with Gasteiger partial charge in [0.05, 0.1) is 17.3 Å². The number of nitrogens with zero attached hydrogens (tertiary/aromatic N) is 4. The van der Waals surface area contributed by atoms with E-state index in [4.69, 9.17) is 21.1 Å². The van der Waals surface area contributed by atoms with E-state index >= 15 is 0 Å². The monoisotopic (exact) mass is 551 g/mol. The molecule has 212 valence electrons. The summed E-state index contributed by atoms with van der Waals surface area (Å²) < 4.78 is 5.82. The Morgan fingerprint density at radius 1 is 1.07 bits per heavy atom. The molecule has 9 heteroatoms. The number of hydrogen-bond donors (Lipinski definition) is 3. The highest BCUT2D eigenvalue weighted by Crippen LogP contribution is 2.27. The van der Waals surface area contributed by atoms with Crippen molar-refractivity contribution in [1.82, 2.24) is 14.9 Å². The maximum Gasteiger partial charge on any atom is 0.209 e. The number of likely N-dealkylation sites (tertiary alicyclic amines) is 1. The smallest absolute Gasteiger partial charge is 0.209 e. The van der Waals surface area contributed by atoms with Crippen molar-refractivity contribution >= 4 is 23.8 Å². The van der Waals surface area contributed by atoms with Crippen molar-refractivity contribution in [1.29, 1.82) is 10.7 Å². The molecule has 2 aliphatic rings. The van der Waals surface area contributed by atoms with Crippen LogP contribution in [-0.2, 0) is 4.79 Å². The number of amides is 1. The van der Waals surface area contributed by atoms with E-state index in [1.165, 1.54) is 32.0 Å². The third-order valence-corrected chi connectivity index (χ3v) is 7.25. The number of nitrogens with two attached hydrogens (primary N) is 1. The summed E-state index contributed by atoms with van der Waals surface area (Å²) in [4.78, 5) is 21.3. The molecule has 1 aliphatic carbocycles. The lowest BCUT2D eigenvalue weighted by Gasteiger charge is -2.31. The average Bonchev–Trinajstić information content (AvgIpc) is 3.51. The van der Waals surface area contributed by atoms with Crippen LogP contribution in [0.25, 0.3) is 0 Å². The summed E-state index contributed by atoms with van der Waals surface area (Å²) in [6.07, 6.45) is 11.5. The van der Waals surface area contributed by atoms with Gasteiger partial charge in [0, 0.05) is 30.3 Å². The number of nitrogen functional groups attached to an aromatic ring is 1. The van der Waals surface area contributed by atoms with Crippen LogP contribution >= 0.6 is 0 Å². The maximum atomic E-state index is 11.1. The Bertz CT molecular complexity index is 1380. The first kappa shape index (κ1) is 29.3. The Kier molecular flexibility index (Phi) is 10.4. The van der Waals surface area contributed by atoms with Crippen LogP contribution in [0.5, 0.6) is 11.5 Å². The predicted molar refractivity (Wildman–Crippen MR) is 161 cm³/mol. The van der Waals surface area contributed by atoms with Gasteiger partial charge in [-0.1, -0.05) is 37.1 Å².